The molecule has 0 amide bonds. The summed E-state index contributed by atoms with van der Waals surface area (Å²) in [7, 11) is 3.56. The molecule has 2 nitrogen and oxygen atoms in total. The molecule has 2 atom stereocenters. The van der Waals surface area contributed by atoms with E-state index in [0.717, 1.165) is 37.9 Å². The van der Waals surface area contributed by atoms with Crippen molar-refractivity contribution in [2.24, 2.45) is 5.92 Å². The first kappa shape index (κ1) is 20.8. The molecule has 1 N–H and O–H groups in total. The second kappa shape index (κ2) is 10.0. The molecule has 0 radical (unpaired) electrons. The minimum absolute atomic E-state index is 0.145. The van der Waals surface area contributed by atoms with Crippen molar-refractivity contribution in [1.29, 1.82) is 0 Å². The summed E-state index contributed by atoms with van der Waals surface area (Å²) in [6.07, 6.45) is 4.86. The lowest BCUT2D eigenvalue weighted by atomic mass is 9.83. The Morgan fingerprint density at radius 1 is 1.24 bits per heavy atom. The highest BCUT2D eigenvalue weighted by atomic mass is 127. The van der Waals surface area contributed by atoms with Gasteiger partial charge in [0, 0.05) is 21.2 Å². The molecule has 0 heterocycles. The Kier molecular flexibility index (Phi) is 8.36. The predicted octanol–water partition coefficient (Wildman–Crippen LogP) is 6.48. The Labute approximate surface area is 168 Å². The van der Waals surface area contributed by atoms with Gasteiger partial charge in [-0.15, -0.1) is 0 Å². The van der Waals surface area contributed by atoms with Crippen molar-refractivity contribution >= 4 is 30.1 Å². The van der Waals surface area contributed by atoms with Gasteiger partial charge in [0.1, 0.15) is 5.75 Å². The zero-order valence-corrected chi connectivity index (χ0v) is 18.6. The first-order valence-corrected chi connectivity index (χ1v) is 12.5. The molecule has 0 aromatic heterocycles. The summed E-state index contributed by atoms with van der Waals surface area (Å²) >= 11 is 2.40. The van der Waals surface area contributed by atoms with E-state index >= 15 is 0 Å². The molecule has 0 spiro atoms. The fraction of sp³-hybridized carbons (Fsp3) is 0.524. The van der Waals surface area contributed by atoms with Crippen LogP contribution >= 0.6 is 30.1 Å². The number of benzene rings is 1. The van der Waals surface area contributed by atoms with Crippen molar-refractivity contribution in [3.8, 4) is 5.75 Å². The SMILES string of the molecule is CC.COc1cccc(CCC2=C3CC(O)CC3CC(SI)=C2C)c1. The highest BCUT2D eigenvalue weighted by molar-refractivity contribution is 14.2. The Morgan fingerprint density at radius 2 is 2.00 bits per heavy atom. The quantitative estimate of drug-likeness (QED) is 0.498. The Morgan fingerprint density at radius 3 is 2.68 bits per heavy atom. The average Bonchev–Trinajstić information content (AvgIpc) is 3.02. The molecule has 3 rings (SSSR count). The molecule has 2 unspecified atom stereocenters. The number of methoxy groups -OCH3 is 1. The van der Waals surface area contributed by atoms with Gasteiger partial charge in [-0.25, -0.2) is 0 Å². The third-order valence-electron chi connectivity index (χ3n) is 5.09. The fourth-order valence-corrected chi connectivity index (χ4v) is 5.90. The smallest absolute Gasteiger partial charge is 0.119 e. The average molecular weight is 472 g/mol. The topological polar surface area (TPSA) is 29.5 Å². The summed E-state index contributed by atoms with van der Waals surface area (Å²) in [5, 5.41) is 10.1. The maximum absolute atomic E-state index is 10.1. The highest BCUT2D eigenvalue weighted by Gasteiger charge is 2.34. The molecule has 1 aromatic rings. The maximum atomic E-state index is 10.1. The lowest BCUT2D eigenvalue weighted by Crippen LogP contribution is -2.10. The number of allylic oxidation sites excluding steroid dienone is 3. The number of halogens is 1. The van der Waals surface area contributed by atoms with Crippen LogP contribution in [0, 0.1) is 5.92 Å². The third-order valence-corrected chi connectivity index (χ3v) is 7.34. The van der Waals surface area contributed by atoms with Gasteiger partial charge in [0.05, 0.1) is 13.2 Å². The first-order valence-electron chi connectivity index (χ1n) is 9.14. The molecular formula is C21H29IO2S. The van der Waals surface area contributed by atoms with Crippen LogP contribution in [0.15, 0.2) is 45.9 Å². The number of aliphatic hydroxyl groups is 1. The monoisotopic (exact) mass is 472 g/mol. The van der Waals surface area contributed by atoms with Crippen LogP contribution in [0.2, 0.25) is 0 Å². The molecule has 2 aliphatic rings. The standard InChI is InChI=1S/C19H23IO2S.C2H6/c1-12-17(7-6-13-4-3-5-16(8-13)22-2)18-11-15(21)9-14(18)10-19(12)23-20;1-2/h3-5,8,14-15,21H,6-7,9-11H2,1-2H3;1-2H3. The minimum atomic E-state index is -0.145. The van der Waals surface area contributed by atoms with Crippen molar-refractivity contribution < 1.29 is 9.84 Å². The second-order valence-corrected chi connectivity index (χ2v) is 8.44. The fourth-order valence-electron chi connectivity index (χ4n) is 3.87. The minimum Gasteiger partial charge on any atom is -0.497 e. The van der Waals surface area contributed by atoms with E-state index in [0.29, 0.717) is 5.92 Å². The summed E-state index contributed by atoms with van der Waals surface area (Å²) in [6, 6.07) is 8.35. The van der Waals surface area contributed by atoms with Crippen LogP contribution in [-0.2, 0) is 6.42 Å². The molecule has 2 aliphatic carbocycles. The largest absolute Gasteiger partial charge is 0.497 e. The summed E-state index contributed by atoms with van der Waals surface area (Å²) in [5.74, 6) is 1.49. The highest BCUT2D eigenvalue weighted by Crippen LogP contribution is 2.49. The lowest BCUT2D eigenvalue weighted by molar-refractivity contribution is 0.179. The van der Waals surface area contributed by atoms with Crippen molar-refractivity contribution in [2.45, 2.75) is 59.0 Å². The number of hydrogen-bond donors (Lipinski definition) is 1. The normalized spacial score (nSPS) is 22.5. The van der Waals surface area contributed by atoms with E-state index in [2.05, 4.69) is 46.3 Å². The van der Waals surface area contributed by atoms with Crippen LogP contribution in [0.1, 0.15) is 52.0 Å². The number of fused-ring (bicyclic) bond motifs is 1. The maximum Gasteiger partial charge on any atom is 0.119 e. The number of aryl methyl sites for hydroxylation is 1. The van der Waals surface area contributed by atoms with E-state index < -0.39 is 0 Å². The summed E-state index contributed by atoms with van der Waals surface area (Å²) in [5.41, 5.74) is 5.79. The van der Waals surface area contributed by atoms with Crippen molar-refractivity contribution in [3.05, 3.63) is 51.5 Å². The van der Waals surface area contributed by atoms with Gasteiger partial charge >= 0.3 is 0 Å². The van der Waals surface area contributed by atoms with E-state index in [4.69, 9.17) is 4.74 Å². The molecule has 1 aromatic carbocycles. The summed E-state index contributed by atoms with van der Waals surface area (Å²) in [6.45, 7) is 6.26. The molecule has 4 heteroatoms. The number of ether oxygens (including phenoxy) is 1. The van der Waals surface area contributed by atoms with Gasteiger partial charge in [0.2, 0.25) is 0 Å². The molecule has 0 bridgehead atoms. The van der Waals surface area contributed by atoms with Gasteiger partial charge in [0.15, 0.2) is 0 Å². The van der Waals surface area contributed by atoms with Crippen molar-refractivity contribution in [2.75, 3.05) is 7.11 Å². The number of rotatable bonds is 5. The number of hydrogen-bond acceptors (Lipinski definition) is 3. The second-order valence-electron chi connectivity index (χ2n) is 6.48. The van der Waals surface area contributed by atoms with E-state index in [1.807, 2.05) is 28.8 Å². The van der Waals surface area contributed by atoms with E-state index in [1.165, 1.54) is 27.2 Å². The van der Waals surface area contributed by atoms with Crippen LogP contribution in [-0.4, -0.2) is 18.3 Å². The van der Waals surface area contributed by atoms with Gasteiger partial charge in [0.25, 0.3) is 0 Å². The van der Waals surface area contributed by atoms with Crippen LogP contribution in [0.5, 0.6) is 5.75 Å². The van der Waals surface area contributed by atoms with E-state index in [-0.39, 0.29) is 6.10 Å². The predicted molar refractivity (Wildman–Crippen MR) is 117 cm³/mol. The van der Waals surface area contributed by atoms with E-state index in [9.17, 15) is 5.11 Å². The Balaban J connectivity index is 0.00000109. The third kappa shape index (κ3) is 5.04. The van der Waals surface area contributed by atoms with Crippen molar-refractivity contribution in [3.63, 3.8) is 0 Å². The van der Waals surface area contributed by atoms with Crippen LogP contribution in [0.25, 0.3) is 0 Å². The van der Waals surface area contributed by atoms with Gasteiger partial charge < -0.3 is 9.84 Å². The molecule has 1 saturated carbocycles. The van der Waals surface area contributed by atoms with Crippen LogP contribution < -0.4 is 4.74 Å². The van der Waals surface area contributed by atoms with Crippen LogP contribution in [0.3, 0.4) is 0 Å². The van der Waals surface area contributed by atoms with E-state index in [1.54, 1.807) is 7.11 Å². The van der Waals surface area contributed by atoms with Crippen LogP contribution in [0.4, 0.5) is 0 Å². The first-order chi connectivity index (χ1) is 12.1. The Bertz CT molecular complexity index is 651. The van der Waals surface area contributed by atoms with Gasteiger partial charge in [-0.1, -0.05) is 40.5 Å². The summed E-state index contributed by atoms with van der Waals surface area (Å²) < 4.78 is 5.33. The van der Waals surface area contributed by atoms with Gasteiger partial charge in [-0.05, 0) is 78.7 Å². The molecular weight excluding hydrogens is 443 g/mol. The molecule has 25 heavy (non-hydrogen) atoms. The Hall–Kier alpha value is -0.460. The zero-order valence-electron chi connectivity index (χ0n) is 15.6. The van der Waals surface area contributed by atoms with Gasteiger partial charge in [-0.3, -0.25) is 0 Å². The molecule has 0 aliphatic heterocycles. The van der Waals surface area contributed by atoms with Crippen molar-refractivity contribution in [1.82, 2.24) is 0 Å². The zero-order chi connectivity index (χ0) is 18.4. The number of aliphatic hydroxyl groups excluding tert-OH is 1. The molecule has 0 saturated heterocycles. The summed E-state index contributed by atoms with van der Waals surface area (Å²) in [4.78, 5) is 1.49. The molecule has 1 fully saturated rings. The molecule has 138 valence electrons. The lowest BCUT2D eigenvalue weighted by Gasteiger charge is -2.26. The van der Waals surface area contributed by atoms with Gasteiger partial charge in [-0.2, -0.15) is 0 Å².